The SMILES string of the molecule is CCC(C)N1CCN(c2nc(Nc3ccc(C(=O)O)cc3)c3cc([N+](=O)[O-])ccc3n2)CC1. The minimum Gasteiger partial charge on any atom is -0.478 e. The number of carboxylic acid groups (broad SMARTS) is 1. The van der Waals surface area contributed by atoms with E-state index in [9.17, 15) is 14.9 Å². The van der Waals surface area contributed by atoms with Crippen LogP contribution in [0, 0.1) is 10.1 Å². The van der Waals surface area contributed by atoms with Gasteiger partial charge in [0.2, 0.25) is 5.95 Å². The van der Waals surface area contributed by atoms with Gasteiger partial charge in [0.15, 0.2) is 0 Å². The lowest BCUT2D eigenvalue weighted by molar-refractivity contribution is -0.384. The van der Waals surface area contributed by atoms with Gasteiger partial charge in [-0.05, 0) is 43.7 Å². The van der Waals surface area contributed by atoms with Crippen LogP contribution in [-0.4, -0.2) is 63.1 Å². The van der Waals surface area contributed by atoms with E-state index in [1.165, 1.54) is 24.3 Å². The molecule has 2 N–H and O–H groups in total. The lowest BCUT2D eigenvalue weighted by Crippen LogP contribution is -2.50. The number of nitro benzene ring substituents is 1. The average Bonchev–Trinajstić information content (AvgIpc) is 2.83. The third-order valence-electron chi connectivity index (χ3n) is 6.08. The van der Waals surface area contributed by atoms with Crippen molar-refractivity contribution in [1.29, 1.82) is 0 Å². The molecule has 0 saturated carbocycles. The zero-order valence-electron chi connectivity index (χ0n) is 18.6. The van der Waals surface area contributed by atoms with Gasteiger partial charge in [0.05, 0.1) is 16.0 Å². The van der Waals surface area contributed by atoms with E-state index in [0.717, 1.165) is 32.6 Å². The molecular formula is C23H26N6O4. The number of nitro groups is 1. The number of nitrogens with zero attached hydrogens (tertiary/aromatic N) is 5. The molecule has 1 fully saturated rings. The fourth-order valence-corrected chi connectivity index (χ4v) is 3.91. The zero-order chi connectivity index (χ0) is 23.5. The number of aromatic nitrogens is 2. The van der Waals surface area contributed by atoms with Gasteiger partial charge >= 0.3 is 5.97 Å². The minimum absolute atomic E-state index is 0.0507. The normalized spacial score (nSPS) is 15.4. The first-order chi connectivity index (χ1) is 15.9. The number of aromatic carboxylic acids is 1. The summed E-state index contributed by atoms with van der Waals surface area (Å²) in [6, 6.07) is 11.3. The predicted molar refractivity (Wildman–Crippen MR) is 126 cm³/mol. The van der Waals surface area contributed by atoms with E-state index in [1.54, 1.807) is 18.2 Å². The summed E-state index contributed by atoms with van der Waals surface area (Å²) in [6.07, 6.45) is 1.10. The molecule has 2 heterocycles. The second-order valence-electron chi connectivity index (χ2n) is 8.12. The molecule has 1 saturated heterocycles. The Morgan fingerprint density at radius 2 is 1.85 bits per heavy atom. The molecule has 4 rings (SSSR count). The topological polar surface area (TPSA) is 125 Å². The second-order valence-corrected chi connectivity index (χ2v) is 8.12. The quantitative estimate of drug-likeness (QED) is 0.407. The summed E-state index contributed by atoms with van der Waals surface area (Å²) in [4.78, 5) is 36.0. The molecule has 0 spiro atoms. The summed E-state index contributed by atoms with van der Waals surface area (Å²) >= 11 is 0. The molecule has 10 nitrogen and oxygen atoms in total. The van der Waals surface area contributed by atoms with E-state index >= 15 is 0 Å². The van der Waals surface area contributed by atoms with E-state index < -0.39 is 10.9 Å². The lowest BCUT2D eigenvalue weighted by atomic mass is 10.2. The summed E-state index contributed by atoms with van der Waals surface area (Å²) in [5, 5.41) is 24.2. The van der Waals surface area contributed by atoms with E-state index in [-0.39, 0.29) is 11.3 Å². The molecule has 172 valence electrons. The summed E-state index contributed by atoms with van der Waals surface area (Å²) in [5.41, 5.74) is 1.34. The average molecular weight is 450 g/mol. The Balaban J connectivity index is 1.69. The van der Waals surface area contributed by atoms with Gasteiger partial charge in [0.1, 0.15) is 5.82 Å². The van der Waals surface area contributed by atoms with Gasteiger partial charge in [0.25, 0.3) is 5.69 Å². The van der Waals surface area contributed by atoms with Crippen LogP contribution < -0.4 is 10.2 Å². The first kappa shape index (κ1) is 22.4. The van der Waals surface area contributed by atoms with Crippen molar-refractivity contribution in [1.82, 2.24) is 14.9 Å². The van der Waals surface area contributed by atoms with Crippen molar-refractivity contribution in [2.24, 2.45) is 0 Å². The molecule has 3 aromatic rings. The molecule has 1 aromatic heterocycles. The molecule has 1 unspecified atom stereocenters. The molecule has 10 heteroatoms. The Morgan fingerprint density at radius 1 is 1.15 bits per heavy atom. The number of non-ortho nitro benzene ring substituents is 1. The predicted octanol–water partition coefficient (Wildman–Crippen LogP) is 3.90. The van der Waals surface area contributed by atoms with Crippen molar-refractivity contribution in [3.8, 4) is 0 Å². The van der Waals surface area contributed by atoms with E-state index in [4.69, 9.17) is 10.1 Å². The number of carbonyl (C=O) groups is 1. The van der Waals surface area contributed by atoms with Crippen molar-refractivity contribution in [2.75, 3.05) is 36.4 Å². The Bertz CT molecular complexity index is 1180. The minimum atomic E-state index is -1.01. The molecule has 0 amide bonds. The number of hydrogen-bond acceptors (Lipinski definition) is 8. The van der Waals surface area contributed by atoms with Crippen LogP contribution in [0.3, 0.4) is 0 Å². The standard InChI is InChI=1S/C23H26N6O4/c1-3-15(2)27-10-12-28(13-11-27)23-25-20-9-8-18(29(32)33)14-19(20)21(26-23)24-17-6-4-16(5-7-17)22(30)31/h4-9,14-15H,3,10-13H2,1-2H3,(H,30,31)(H,24,25,26). The molecule has 1 aliphatic heterocycles. The Hall–Kier alpha value is -3.79. The van der Waals surface area contributed by atoms with Crippen molar-refractivity contribution < 1.29 is 14.8 Å². The van der Waals surface area contributed by atoms with E-state index in [0.29, 0.717) is 34.4 Å². The number of nitrogens with one attached hydrogen (secondary N) is 1. The van der Waals surface area contributed by atoms with Gasteiger partial charge in [-0.2, -0.15) is 4.98 Å². The summed E-state index contributed by atoms with van der Waals surface area (Å²) < 4.78 is 0. The maximum atomic E-state index is 11.3. The highest BCUT2D eigenvalue weighted by Crippen LogP contribution is 2.30. The molecule has 0 radical (unpaired) electrons. The molecule has 1 atom stereocenters. The van der Waals surface area contributed by atoms with E-state index in [1.807, 2.05) is 0 Å². The first-order valence-corrected chi connectivity index (χ1v) is 10.9. The van der Waals surface area contributed by atoms with Crippen LogP contribution in [0.5, 0.6) is 0 Å². The summed E-state index contributed by atoms with van der Waals surface area (Å²) in [6.45, 7) is 7.81. The van der Waals surface area contributed by atoms with Crippen LogP contribution in [0.2, 0.25) is 0 Å². The van der Waals surface area contributed by atoms with Gasteiger partial charge in [-0.15, -0.1) is 0 Å². The van der Waals surface area contributed by atoms with Crippen LogP contribution in [0.15, 0.2) is 42.5 Å². The number of anilines is 3. The maximum Gasteiger partial charge on any atom is 0.335 e. The van der Waals surface area contributed by atoms with Gasteiger partial charge in [-0.3, -0.25) is 15.0 Å². The number of rotatable bonds is 7. The highest BCUT2D eigenvalue weighted by molar-refractivity contribution is 5.94. The van der Waals surface area contributed by atoms with Crippen LogP contribution in [0.25, 0.3) is 10.9 Å². The Labute approximate surface area is 191 Å². The third kappa shape index (κ3) is 4.85. The van der Waals surface area contributed by atoms with Crippen molar-refractivity contribution in [3.63, 3.8) is 0 Å². The molecule has 1 aliphatic rings. The number of piperazine rings is 1. The molecular weight excluding hydrogens is 424 g/mol. The number of benzene rings is 2. The van der Waals surface area contributed by atoms with Crippen LogP contribution in [0.4, 0.5) is 23.1 Å². The summed E-state index contributed by atoms with van der Waals surface area (Å²) in [5.74, 6) is -0.0144. The van der Waals surface area contributed by atoms with Crippen molar-refractivity contribution >= 4 is 40.0 Å². The number of carboxylic acids is 1. The van der Waals surface area contributed by atoms with Crippen LogP contribution >= 0.6 is 0 Å². The Morgan fingerprint density at radius 3 is 2.45 bits per heavy atom. The largest absolute Gasteiger partial charge is 0.478 e. The molecule has 0 bridgehead atoms. The Kier molecular flexibility index (Phi) is 6.36. The zero-order valence-corrected chi connectivity index (χ0v) is 18.6. The van der Waals surface area contributed by atoms with Gasteiger partial charge < -0.3 is 15.3 Å². The maximum absolute atomic E-state index is 11.3. The summed E-state index contributed by atoms with van der Waals surface area (Å²) in [7, 11) is 0. The monoisotopic (exact) mass is 450 g/mol. The smallest absolute Gasteiger partial charge is 0.335 e. The third-order valence-corrected chi connectivity index (χ3v) is 6.08. The van der Waals surface area contributed by atoms with Gasteiger partial charge in [-0.25, -0.2) is 9.78 Å². The van der Waals surface area contributed by atoms with Crippen LogP contribution in [0.1, 0.15) is 30.6 Å². The van der Waals surface area contributed by atoms with Gasteiger partial charge in [-0.1, -0.05) is 6.92 Å². The first-order valence-electron chi connectivity index (χ1n) is 10.9. The molecule has 2 aromatic carbocycles. The second kappa shape index (κ2) is 9.37. The highest BCUT2D eigenvalue weighted by atomic mass is 16.6. The highest BCUT2D eigenvalue weighted by Gasteiger charge is 2.23. The van der Waals surface area contributed by atoms with Gasteiger partial charge in [0, 0.05) is 55.4 Å². The number of fused-ring (bicyclic) bond motifs is 1. The fourth-order valence-electron chi connectivity index (χ4n) is 3.91. The fraction of sp³-hybridized carbons (Fsp3) is 0.348. The lowest BCUT2D eigenvalue weighted by Gasteiger charge is -2.37. The van der Waals surface area contributed by atoms with Crippen molar-refractivity contribution in [3.05, 3.63) is 58.1 Å². The van der Waals surface area contributed by atoms with Crippen LogP contribution in [-0.2, 0) is 0 Å². The molecule has 33 heavy (non-hydrogen) atoms. The van der Waals surface area contributed by atoms with Crippen molar-refractivity contribution in [2.45, 2.75) is 26.3 Å². The molecule has 0 aliphatic carbocycles. The number of hydrogen-bond donors (Lipinski definition) is 2. The van der Waals surface area contributed by atoms with E-state index in [2.05, 4.69) is 33.9 Å².